The molecule has 5 nitrogen and oxygen atoms in total. The minimum Gasteiger partial charge on any atom is -0.293 e. The number of azide groups is 1. The van der Waals surface area contributed by atoms with Crippen LogP contribution in [0.3, 0.4) is 0 Å². The maximum atomic E-state index is 12.9. The highest BCUT2D eigenvalue weighted by Crippen LogP contribution is 2.37. The molecule has 1 aromatic carbocycles. The van der Waals surface area contributed by atoms with Gasteiger partial charge in [0.1, 0.15) is 0 Å². The summed E-state index contributed by atoms with van der Waals surface area (Å²) in [6.07, 6.45) is -2.93. The standard InChI is InChI=1S/C13H8F3N5S/c14-13(15,16)11(19-20-17)9-7-22-12(18-9)21-6-5-8-3-1-2-4-10(8)21/h1-7,11H. The van der Waals surface area contributed by atoms with Crippen molar-refractivity contribution in [2.24, 2.45) is 5.11 Å². The first-order valence-electron chi connectivity index (χ1n) is 6.13. The number of hydrogen-bond acceptors (Lipinski definition) is 3. The number of para-hydroxylation sites is 1. The first-order chi connectivity index (χ1) is 10.5. The Balaban J connectivity index is 2.05. The van der Waals surface area contributed by atoms with Gasteiger partial charge in [-0.25, -0.2) is 4.98 Å². The van der Waals surface area contributed by atoms with E-state index in [9.17, 15) is 13.2 Å². The third-order valence-corrected chi connectivity index (χ3v) is 3.93. The summed E-state index contributed by atoms with van der Waals surface area (Å²) in [6.45, 7) is 0. The number of fused-ring (bicyclic) bond motifs is 1. The molecule has 1 unspecified atom stereocenters. The minimum atomic E-state index is -4.67. The number of thiazole rings is 1. The van der Waals surface area contributed by atoms with Crippen molar-refractivity contribution >= 4 is 22.2 Å². The second-order valence-corrected chi connectivity index (χ2v) is 5.29. The molecule has 112 valence electrons. The number of rotatable bonds is 3. The summed E-state index contributed by atoms with van der Waals surface area (Å²) >= 11 is 1.06. The van der Waals surface area contributed by atoms with E-state index in [-0.39, 0.29) is 5.69 Å². The molecule has 0 saturated carbocycles. The van der Waals surface area contributed by atoms with Gasteiger partial charge in [0.05, 0.1) is 11.2 Å². The highest BCUT2D eigenvalue weighted by molar-refractivity contribution is 7.12. The van der Waals surface area contributed by atoms with Crippen molar-refractivity contribution in [2.75, 3.05) is 0 Å². The molecule has 0 N–H and O–H groups in total. The fraction of sp³-hybridized carbons (Fsp3) is 0.154. The highest BCUT2D eigenvalue weighted by atomic mass is 32.1. The van der Waals surface area contributed by atoms with E-state index in [1.165, 1.54) is 5.38 Å². The Bertz CT molecular complexity index is 860. The maximum absolute atomic E-state index is 12.9. The summed E-state index contributed by atoms with van der Waals surface area (Å²) in [5.41, 5.74) is 8.86. The Morgan fingerprint density at radius 3 is 2.77 bits per heavy atom. The first-order valence-corrected chi connectivity index (χ1v) is 7.01. The lowest BCUT2D eigenvalue weighted by atomic mass is 10.2. The summed E-state index contributed by atoms with van der Waals surface area (Å²) in [5.74, 6) is 0. The lowest BCUT2D eigenvalue weighted by Crippen LogP contribution is -2.18. The third kappa shape index (κ3) is 2.51. The lowest BCUT2D eigenvalue weighted by molar-refractivity contribution is -0.149. The number of halogens is 3. The molecule has 0 bridgehead atoms. The van der Waals surface area contributed by atoms with Crippen LogP contribution in [0.4, 0.5) is 13.2 Å². The molecule has 1 atom stereocenters. The summed E-state index contributed by atoms with van der Waals surface area (Å²) in [7, 11) is 0. The summed E-state index contributed by atoms with van der Waals surface area (Å²) in [5, 5.41) is 5.42. The van der Waals surface area contributed by atoms with Crippen molar-refractivity contribution in [3.05, 3.63) is 58.0 Å². The SMILES string of the molecule is [N-]=[N+]=NC(c1csc(-n2ccc3ccccc32)n1)C(F)(F)F. The zero-order chi connectivity index (χ0) is 15.7. The molecule has 0 aliphatic carbocycles. The maximum Gasteiger partial charge on any atom is 0.403 e. The monoisotopic (exact) mass is 323 g/mol. The van der Waals surface area contributed by atoms with E-state index in [1.807, 2.05) is 30.3 Å². The second kappa shape index (κ2) is 5.36. The van der Waals surface area contributed by atoms with Crippen LogP contribution in [0.15, 0.2) is 47.0 Å². The minimum absolute atomic E-state index is 0.303. The molecule has 3 rings (SSSR count). The quantitative estimate of drug-likeness (QED) is 0.380. The Labute approximate surface area is 126 Å². The molecule has 0 aliphatic rings. The van der Waals surface area contributed by atoms with Crippen LogP contribution < -0.4 is 0 Å². The van der Waals surface area contributed by atoms with Crippen molar-refractivity contribution in [1.29, 1.82) is 0 Å². The number of nitrogens with zero attached hydrogens (tertiary/aromatic N) is 5. The molecular formula is C13H8F3N5S. The molecule has 3 aromatic rings. The van der Waals surface area contributed by atoms with Gasteiger partial charge in [-0.2, -0.15) is 13.2 Å². The topological polar surface area (TPSA) is 66.6 Å². The van der Waals surface area contributed by atoms with Gasteiger partial charge in [0.25, 0.3) is 0 Å². The van der Waals surface area contributed by atoms with Gasteiger partial charge in [-0.15, -0.1) is 11.3 Å². The van der Waals surface area contributed by atoms with Gasteiger partial charge in [-0.05, 0) is 17.7 Å². The molecular weight excluding hydrogens is 315 g/mol. The molecule has 2 heterocycles. The van der Waals surface area contributed by atoms with Gasteiger partial charge >= 0.3 is 6.18 Å². The van der Waals surface area contributed by atoms with Crippen LogP contribution in [-0.4, -0.2) is 15.7 Å². The predicted molar refractivity (Wildman–Crippen MR) is 76.9 cm³/mol. The van der Waals surface area contributed by atoms with Crippen LogP contribution in [0.1, 0.15) is 11.7 Å². The van der Waals surface area contributed by atoms with Gasteiger partial charge in [-0.1, -0.05) is 23.3 Å². The van der Waals surface area contributed by atoms with Crippen molar-refractivity contribution in [3.63, 3.8) is 0 Å². The van der Waals surface area contributed by atoms with E-state index in [1.54, 1.807) is 10.8 Å². The van der Waals surface area contributed by atoms with E-state index in [0.717, 1.165) is 22.2 Å². The Kier molecular flexibility index (Phi) is 3.51. The predicted octanol–water partition coefficient (Wildman–Crippen LogP) is 5.00. The van der Waals surface area contributed by atoms with Crippen LogP contribution in [0.25, 0.3) is 26.5 Å². The van der Waals surface area contributed by atoms with Crippen LogP contribution in [0.2, 0.25) is 0 Å². The average Bonchev–Trinajstić information content (AvgIpc) is 3.09. The molecule has 0 radical (unpaired) electrons. The zero-order valence-electron chi connectivity index (χ0n) is 10.9. The van der Waals surface area contributed by atoms with E-state index in [4.69, 9.17) is 5.53 Å². The zero-order valence-corrected chi connectivity index (χ0v) is 11.7. The summed E-state index contributed by atoms with van der Waals surface area (Å²) in [6, 6.07) is 7.05. The van der Waals surface area contributed by atoms with Gasteiger partial charge in [0, 0.05) is 21.9 Å². The van der Waals surface area contributed by atoms with Gasteiger partial charge < -0.3 is 0 Å². The van der Waals surface area contributed by atoms with E-state index in [0.29, 0.717) is 5.13 Å². The third-order valence-electron chi connectivity index (χ3n) is 3.07. The molecule has 22 heavy (non-hydrogen) atoms. The van der Waals surface area contributed by atoms with E-state index < -0.39 is 12.2 Å². The van der Waals surface area contributed by atoms with E-state index in [2.05, 4.69) is 15.0 Å². The number of alkyl halides is 3. The fourth-order valence-electron chi connectivity index (χ4n) is 2.11. The van der Waals surface area contributed by atoms with Crippen molar-refractivity contribution in [2.45, 2.75) is 12.2 Å². The summed E-state index contributed by atoms with van der Waals surface area (Å²) in [4.78, 5) is 6.25. The van der Waals surface area contributed by atoms with Crippen molar-refractivity contribution in [3.8, 4) is 5.13 Å². The molecule has 0 fully saturated rings. The van der Waals surface area contributed by atoms with Crippen LogP contribution in [0.5, 0.6) is 0 Å². The second-order valence-electron chi connectivity index (χ2n) is 4.45. The highest BCUT2D eigenvalue weighted by Gasteiger charge is 2.41. The Morgan fingerprint density at radius 1 is 1.27 bits per heavy atom. The van der Waals surface area contributed by atoms with Crippen LogP contribution in [0, 0.1) is 0 Å². The van der Waals surface area contributed by atoms with Crippen LogP contribution >= 0.6 is 11.3 Å². The Hall–Kier alpha value is -2.51. The molecule has 9 heteroatoms. The Morgan fingerprint density at radius 2 is 2.05 bits per heavy atom. The molecule has 0 spiro atoms. The fourth-order valence-corrected chi connectivity index (χ4v) is 2.94. The number of benzene rings is 1. The van der Waals surface area contributed by atoms with Crippen molar-refractivity contribution < 1.29 is 13.2 Å². The van der Waals surface area contributed by atoms with Crippen LogP contribution in [-0.2, 0) is 0 Å². The molecule has 0 saturated heterocycles. The molecule has 2 aromatic heterocycles. The number of hydrogen-bond donors (Lipinski definition) is 0. The van der Waals surface area contributed by atoms with Gasteiger partial charge in [0.2, 0.25) is 0 Å². The molecule has 0 aliphatic heterocycles. The smallest absolute Gasteiger partial charge is 0.293 e. The lowest BCUT2D eigenvalue weighted by Gasteiger charge is -2.12. The normalized spacial score (nSPS) is 13.0. The van der Waals surface area contributed by atoms with Crippen molar-refractivity contribution in [1.82, 2.24) is 9.55 Å². The molecule has 0 amide bonds. The first kappa shape index (κ1) is 14.4. The average molecular weight is 323 g/mol. The largest absolute Gasteiger partial charge is 0.403 e. The van der Waals surface area contributed by atoms with Gasteiger partial charge in [-0.3, -0.25) is 4.57 Å². The number of aromatic nitrogens is 2. The summed E-state index contributed by atoms with van der Waals surface area (Å²) < 4.78 is 40.4. The van der Waals surface area contributed by atoms with Gasteiger partial charge in [0.15, 0.2) is 11.2 Å². The van der Waals surface area contributed by atoms with E-state index >= 15 is 0 Å².